The summed E-state index contributed by atoms with van der Waals surface area (Å²) < 4.78 is 15.7. The molecule has 1 heterocycles. The number of ether oxygens (including phenoxy) is 2. The summed E-state index contributed by atoms with van der Waals surface area (Å²) in [6, 6.07) is 7.24. The molecule has 2 atom stereocenters. The molecule has 6 heteroatoms. The van der Waals surface area contributed by atoms with Crippen LogP contribution in [0.4, 0.5) is 0 Å². The Morgan fingerprint density at radius 3 is 2.85 bits per heavy atom. The van der Waals surface area contributed by atoms with Crippen molar-refractivity contribution < 1.29 is 19.1 Å². The van der Waals surface area contributed by atoms with Gasteiger partial charge in [-0.15, -0.1) is 0 Å². The minimum atomic E-state index is -0.531. The van der Waals surface area contributed by atoms with E-state index < -0.39 is 6.10 Å². The van der Waals surface area contributed by atoms with Crippen LogP contribution in [0.1, 0.15) is 43.3 Å². The van der Waals surface area contributed by atoms with Gasteiger partial charge in [0.05, 0.1) is 6.10 Å². The Kier molecular flexibility index (Phi) is 4.70. The molecule has 2 rings (SSSR count). The third-order valence-electron chi connectivity index (χ3n) is 2.90. The second-order valence-corrected chi connectivity index (χ2v) is 4.46. The molecule has 1 aromatic heterocycles. The average molecular weight is 278 g/mol. The monoisotopic (exact) mass is 278 g/mol. The summed E-state index contributed by atoms with van der Waals surface area (Å²) in [7, 11) is 1.58. The van der Waals surface area contributed by atoms with Gasteiger partial charge in [-0.1, -0.05) is 17.3 Å². The summed E-state index contributed by atoms with van der Waals surface area (Å²) in [6.45, 7) is 3.71. The van der Waals surface area contributed by atoms with Gasteiger partial charge in [-0.05, 0) is 31.5 Å². The largest absolute Gasteiger partial charge is 0.484 e. The molecule has 6 nitrogen and oxygen atoms in total. The van der Waals surface area contributed by atoms with E-state index in [1.165, 1.54) is 0 Å². The summed E-state index contributed by atoms with van der Waals surface area (Å²) in [5.74, 6) is 1.51. The highest BCUT2D eigenvalue weighted by Crippen LogP contribution is 2.20. The molecule has 0 aliphatic carbocycles. The fourth-order valence-corrected chi connectivity index (χ4v) is 1.61. The van der Waals surface area contributed by atoms with Crippen molar-refractivity contribution in [3.8, 4) is 5.75 Å². The minimum Gasteiger partial charge on any atom is -0.484 e. The maximum Gasteiger partial charge on any atom is 0.264 e. The number of hydrogen-bond acceptors (Lipinski definition) is 6. The normalized spacial score (nSPS) is 14.0. The third-order valence-corrected chi connectivity index (χ3v) is 2.90. The van der Waals surface area contributed by atoms with Crippen LogP contribution in [0.2, 0.25) is 0 Å². The van der Waals surface area contributed by atoms with Crippen LogP contribution in [0.3, 0.4) is 0 Å². The SMILES string of the molecule is COC(C)c1noc(COc2cccc(C(C)O)c2)n1. The molecule has 0 radical (unpaired) electrons. The predicted molar refractivity (Wildman–Crippen MR) is 71.1 cm³/mol. The van der Waals surface area contributed by atoms with E-state index in [4.69, 9.17) is 14.0 Å². The molecule has 1 N–H and O–H groups in total. The summed E-state index contributed by atoms with van der Waals surface area (Å²) in [4.78, 5) is 4.18. The van der Waals surface area contributed by atoms with Gasteiger partial charge in [-0.3, -0.25) is 0 Å². The number of aromatic nitrogens is 2. The summed E-state index contributed by atoms with van der Waals surface area (Å²) in [6.07, 6.45) is -0.748. The lowest BCUT2D eigenvalue weighted by Gasteiger charge is -2.07. The number of hydrogen-bond donors (Lipinski definition) is 1. The van der Waals surface area contributed by atoms with E-state index in [1.54, 1.807) is 26.2 Å². The zero-order chi connectivity index (χ0) is 14.5. The minimum absolute atomic E-state index is 0.173. The molecular weight excluding hydrogens is 260 g/mol. The highest BCUT2D eigenvalue weighted by molar-refractivity contribution is 5.29. The van der Waals surface area contributed by atoms with E-state index in [2.05, 4.69) is 10.1 Å². The first-order chi connectivity index (χ1) is 9.60. The Labute approximate surface area is 117 Å². The van der Waals surface area contributed by atoms with Crippen molar-refractivity contribution in [3.63, 3.8) is 0 Å². The summed E-state index contributed by atoms with van der Waals surface area (Å²) in [5, 5.41) is 13.3. The highest BCUT2D eigenvalue weighted by atomic mass is 16.5. The molecule has 0 saturated carbocycles. The smallest absolute Gasteiger partial charge is 0.264 e. The highest BCUT2D eigenvalue weighted by Gasteiger charge is 2.13. The van der Waals surface area contributed by atoms with Gasteiger partial charge >= 0.3 is 0 Å². The maximum absolute atomic E-state index is 9.51. The van der Waals surface area contributed by atoms with Gasteiger partial charge in [-0.25, -0.2) is 0 Å². The first-order valence-corrected chi connectivity index (χ1v) is 6.36. The fourth-order valence-electron chi connectivity index (χ4n) is 1.61. The van der Waals surface area contributed by atoms with Crippen LogP contribution in [0.5, 0.6) is 5.75 Å². The Balaban J connectivity index is 1.98. The second kappa shape index (κ2) is 6.49. The molecule has 108 valence electrons. The van der Waals surface area contributed by atoms with Crippen LogP contribution >= 0.6 is 0 Å². The zero-order valence-electron chi connectivity index (χ0n) is 11.7. The number of rotatable bonds is 6. The first kappa shape index (κ1) is 14.5. The van der Waals surface area contributed by atoms with E-state index >= 15 is 0 Å². The van der Waals surface area contributed by atoms with E-state index in [0.29, 0.717) is 17.5 Å². The maximum atomic E-state index is 9.51. The van der Waals surface area contributed by atoms with E-state index in [-0.39, 0.29) is 12.7 Å². The fraction of sp³-hybridized carbons (Fsp3) is 0.429. The van der Waals surface area contributed by atoms with Crippen LogP contribution in [-0.2, 0) is 11.3 Å². The van der Waals surface area contributed by atoms with Crippen molar-refractivity contribution in [3.05, 3.63) is 41.5 Å². The van der Waals surface area contributed by atoms with Crippen molar-refractivity contribution in [2.75, 3.05) is 7.11 Å². The van der Waals surface area contributed by atoms with Crippen molar-refractivity contribution in [1.29, 1.82) is 0 Å². The summed E-state index contributed by atoms with van der Waals surface area (Å²) >= 11 is 0. The van der Waals surface area contributed by atoms with Gasteiger partial charge in [0, 0.05) is 7.11 Å². The number of aliphatic hydroxyl groups excluding tert-OH is 1. The molecule has 0 saturated heterocycles. The van der Waals surface area contributed by atoms with Gasteiger partial charge in [0.15, 0.2) is 12.4 Å². The van der Waals surface area contributed by atoms with Crippen molar-refractivity contribution in [2.24, 2.45) is 0 Å². The van der Waals surface area contributed by atoms with Crippen molar-refractivity contribution in [1.82, 2.24) is 10.1 Å². The molecule has 0 aliphatic rings. The molecule has 2 unspecified atom stereocenters. The molecule has 0 fully saturated rings. The first-order valence-electron chi connectivity index (χ1n) is 6.36. The number of benzene rings is 1. The van der Waals surface area contributed by atoms with E-state index in [0.717, 1.165) is 5.56 Å². The Morgan fingerprint density at radius 1 is 1.35 bits per heavy atom. The van der Waals surface area contributed by atoms with Gasteiger partial charge in [-0.2, -0.15) is 4.98 Å². The molecule has 0 bridgehead atoms. The Hall–Kier alpha value is -1.92. The lowest BCUT2D eigenvalue weighted by atomic mass is 10.1. The quantitative estimate of drug-likeness (QED) is 0.874. The van der Waals surface area contributed by atoms with Gasteiger partial charge < -0.3 is 19.1 Å². The van der Waals surface area contributed by atoms with Crippen LogP contribution in [-0.4, -0.2) is 22.4 Å². The lowest BCUT2D eigenvalue weighted by molar-refractivity contribution is 0.109. The number of nitrogens with zero attached hydrogens (tertiary/aromatic N) is 2. The molecule has 2 aromatic rings. The van der Waals surface area contributed by atoms with Gasteiger partial charge in [0.1, 0.15) is 11.9 Å². The summed E-state index contributed by atoms with van der Waals surface area (Å²) in [5.41, 5.74) is 0.793. The standard InChI is InChI=1S/C14H18N2O4/c1-9(17)11-5-4-6-12(7-11)19-8-13-15-14(16-20-13)10(2)18-3/h4-7,9-10,17H,8H2,1-3H3. The van der Waals surface area contributed by atoms with Gasteiger partial charge in [0.25, 0.3) is 5.89 Å². The van der Waals surface area contributed by atoms with Crippen molar-refractivity contribution >= 4 is 0 Å². The Bertz CT molecular complexity index is 554. The predicted octanol–water partition coefficient (Wildman–Crippen LogP) is 2.41. The molecule has 1 aromatic carbocycles. The third kappa shape index (κ3) is 3.55. The van der Waals surface area contributed by atoms with Crippen LogP contribution in [0, 0.1) is 0 Å². The molecule has 0 spiro atoms. The molecule has 0 aliphatic heterocycles. The Morgan fingerprint density at radius 2 is 2.15 bits per heavy atom. The van der Waals surface area contributed by atoms with Crippen molar-refractivity contribution in [2.45, 2.75) is 32.7 Å². The lowest BCUT2D eigenvalue weighted by Crippen LogP contribution is -2.00. The van der Waals surface area contributed by atoms with E-state index in [9.17, 15) is 5.11 Å². The van der Waals surface area contributed by atoms with Gasteiger partial charge in [0.2, 0.25) is 0 Å². The topological polar surface area (TPSA) is 77.6 Å². The average Bonchev–Trinajstić information content (AvgIpc) is 2.93. The van der Waals surface area contributed by atoms with Crippen LogP contribution in [0.15, 0.2) is 28.8 Å². The second-order valence-electron chi connectivity index (χ2n) is 4.46. The van der Waals surface area contributed by atoms with E-state index in [1.807, 2.05) is 19.1 Å². The zero-order valence-corrected chi connectivity index (χ0v) is 11.7. The number of methoxy groups -OCH3 is 1. The number of aliphatic hydroxyl groups is 1. The molecule has 0 amide bonds. The van der Waals surface area contributed by atoms with Crippen LogP contribution < -0.4 is 4.74 Å². The molecule has 20 heavy (non-hydrogen) atoms. The van der Waals surface area contributed by atoms with Crippen LogP contribution in [0.25, 0.3) is 0 Å². The molecular formula is C14H18N2O4.